The lowest BCUT2D eigenvalue weighted by Gasteiger charge is -2.49. The Morgan fingerprint density at radius 1 is 1.12 bits per heavy atom. The first-order chi connectivity index (χ1) is 15.1. The summed E-state index contributed by atoms with van der Waals surface area (Å²) in [6.45, 7) is 3.91. The molecule has 0 aromatic carbocycles. The smallest absolute Gasteiger partial charge is 0.370 e. The quantitative estimate of drug-likeness (QED) is 0.564. The highest BCUT2D eigenvalue weighted by Crippen LogP contribution is 2.44. The molecule has 2 aliphatic heterocycles. The van der Waals surface area contributed by atoms with Crippen molar-refractivity contribution in [2.75, 3.05) is 36.0 Å². The first kappa shape index (κ1) is 20.8. The third-order valence-electron chi connectivity index (χ3n) is 6.12. The molecule has 0 radical (unpaired) electrons. The van der Waals surface area contributed by atoms with Crippen molar-refractivity contribution in [1.82, 2.24) is 24.7 Å². The summed E-state index contributed by atoms with van der Waals surface area (Å²) < 4.78 is 65.7. The highest BCUT2D eigenvalue weighted by atomic mass is 19.4. The molecule has 3 aromatic rings. The van der Waals surface area contributed by atoms with E-state index in [1.807, 2.05) is 11.8 Å². The Hall–Kier alpha value is -3.05. The maximum atomic E-state index is 13.0. The van der Waals surface area contributed by atoms with E-state index in [0.29, 0.717) is 54.5 Å². The zero-order valence-electron chi connectivity index (χ0n) is 17.1. The average Bonchev–Trinajstić information content (AvgIpc) is 3.30. The van der Waals surface area contributed by atoms with Crippen LogP contribution >= 0.6 is 0 Å². The van der Waals surface area contributed by atoms with Gasteiger partial charge in [-0.05, 0) is 25.5 Å². The van der Waals surface area contributed by atoms with Gasteiger partial charge in [0.15, 0.2) is 11.5 Å². The molecule has 1 spiro atoms. The van der Waals surface area contributed by atoms with Gasteiger partial charge >= 0.3 is 6.18 Å². The van der Waals surface area contributed by atoms with E-state index in [1.165, 1.54) is 12.4 Å². The fourth-order valence-electron chi connectivity index (χ4n) is 4.63. The second kappa shape index (κ2) is 7.24. The van der Waals surface area contributed by atoms with Crippen molar-refractivity contribution < 1.29 is 22.0 Å². The summed E-state index contributed by atoms with van der Waals surface area (Å²) in [6.07, 6.45) is -3.56. The molecular weight excluding hydrogens is 433 g/mol. The molecule has 0 atom stereocenters. The maximum Gasteiger partial charge on any atom is 0.433 e. The van der Waals surface area contributed by atoms with Crippen LogP contribution in [0.5, 0.6) is 0 Å². The van der Waals surface area contributed by atoms with Gasteiger partial charge in [0.05, 0.1) is 11.9 Å². The molecule has 2 aliphatic rings. The van der Waals surface area contributed by atoms with E-state index in [2.05, 4.69) is 25.0 Å². The van der Waals surface area contributed by atoms with E-state index >= 15 is 0 Å². The number of rotatable bonds is 4. The highest BCUT2D eigenvalue weighted by molar-refractivity contribution is 5.72. The van der Waals surface area contributed by atoms with Crippen molar-refractivity contribution in [1.29, 1.82) is 0 Å². The number of anilines is 2. The zero-order chi connectivity index (χ0) is 22.7. The van der Waals surface area contributed by atoms with Gasteiger partial charge in [0, 0.05) is 43.5 Å². The minimum absolute atomic E-state index is 0.0615. The predicted molar refractivity (Wildman–Crippen MR) is 107 cm³/mol. The second-order valence-corrected chi connectivity index (χ2v) is 8.48. The number of hydrogen-bond acceptors (Lipinski definition) is 6. The van der Waals surface area contributed by atoms with Gasteiger partial charge in [-0.1, -0.05) is 0 Å². The minimum Gasteiger partial charge on any atom is -0.370 e. The molecule has 5 rings (SSSR count). The van der Waals surface area contributed by atoms with Crippen LogP contribution in [-0.2, 0) is 12.7 Å². The molecule has 0 aliphatic carbocycles. The van der Waals surface area contributed by atoms with Crippen LogP contribution in [0.4, 0.5) is 33.5 Å². The number of nitrogens with zero attached hydrogens (tertiary/aromatic N) is 7. The van der Waals surface area contributed by atoms with E-state index in [9.17, 15) is 22.0 Å². The molecule has 0 bridgehead atoms. The number of halogens is 5. The van der Waals surface area contributed by atoms with Crippen LogP contribution in [0.15, 0.2) is 24.5 Å². The first-order valence-electron chi connectivity index (χ1n) is 10.2. The van der Waals surface area contributed by atoms with Gasteiger partial charge in [0.2, 0.25) is 0 Å². The standard InChI is InChI=1S/C20H20F5N7/c1-12-17(29-18-14(28-12)7-27-32(18)8-16(21)22)30-5-3-19(9-30)10-31(11-19)13-2-4-26-15(6-13)20(23,24)25/h2,4,6-7,16H,3,5,8-11H2,1H3. The van der Waals surface area contributed by atoms with Gasteiger partial charge in [-0.3, -0.25) is 4.98 Å². The van der Waals surface area contributed by atoms with E-state index in [4.69, 9.17) is 0 Å². The fourth-order valence-corrected chi connectivity index (χ4v) is 4.63. The van der Waals surface area contributed by atoms with Crippen molar-refractivity contribution in [3.8, 4) is 0 Å². The summed E-state index contributed by atoms with van der Waals surface area (Å²) in [6, 6.07) is 2.66. The lowest BCUT2D eigenvalue weighted by atomic mass is 9.79. The van der Waals surface area contributed by atoms with Crippen LogP contribution in [0.1, 0.15) is 17.8 Å². The molecule has 0 unspecified atom stereocenters. The number of fused-ring (bicyclic) bond motifs is 1. The largest absolute Gasteiger partial charge is 0.433 e. The Morgan fingerprint density at radius 2 is 1.88 bits per heavy atom. The fraction of sp³-hybridized carbons (Fsp3) is 0.500. The maximum absolute atomic E-state index is 13.0. The molecule has 2 saturated heterocycles. The zero-order valence-corrected chi connectivity index (χ0v) is 17.1. The lowest BCUT2D eigenvalue weighted by Crippen LogP contribution is -2.57. The van der Waals surface area contributed by atoms with Crippen molar-refractivity contribution in [2.24, 2.45) is 5.41 Å². The Morgan fingerprint density at radius 3 is 2.59 bits per heavy atom. The van der Waals surface area contributed by atoms with Gasteiger partial charge in [-0.2, -0.15) is 18.3 Å². The Bertz CT molecular complexity index is 1150. The Kier molecular flexibility index (Phi) is 4.71. The van der Waals surface area contributed by atoms with Gasteiger partial charge in [0.25, 0.3) is 6.43 Å². The van der Waals surface area contributed by atoms with Crippen LogP contribution in [-0.4, -0.2) is 57.3 Å². The first-order valence-corrected chi connectivity index (χ1v) is 10.2. The van der Waals surface area contributed by atoms with Crippen LogP contribution in [0.25, 0.3) is 11.2 Å². The van der Waals surface area contributed by atoms with E-state index < -0.39 is 24.8 Å². The van der Waals surface area contributed by atoms with E-state index in [-0.39, 0.29) is 5.41 Å². The van der Waals surface area contributed by atoms with Gasteiger partial charge < -0.3 is 9.80 Å². The van der Waals surface area contributed by atoms with Crippen molar-refractivity contribution >= 4 is 22.7 Å². The van der Waals surface area contributed by atoms with Crippen molar-refractivity contribution in [2.45, 2.75) is 32.5 Å². The van der Waals surface area contributed by atoms with Crippen LogP contribution in [0, 0.1) is 12.3 Å². The molecule has 32 heavy (non-hydrogen) atoms. The molecule has 3 aromatic heterocycles. The summed E-state index contributed by atoms with van der Waals surface area (Å²) in [7, 11) is 0. The summed E-state index contributed by atoms with van der Waals surface area (Å²) in [4.78, 5) is 16.5. The molecule has 12 heteroatoms. The number of hydrogen-bond donors (Lipinski definition) is 0. The number of aromatic nitrogens is 5. The predicted octanol–water partition coefficient (Wildman–Crippen LogP) is 3.53. The molecule has 0 amide bonds. The number of aryl methyl sites for hydroxylation is 1. The van der Waals surface area contributed by atoms with Crippen LogP contribution in [0.3, 0.4) is 0 Å². The van der Waals surface area contributed by atoms with Gasteiger partial charge in [0.1, 0.15) is 17.8 Å². The second-order valence-electron chi connectivity index (χ2n) is 8.48. The molecule has 5 heterocycles. The molecule has 2 fully saturated rings. The number of alkyl halides is 5. The average molecular weight is 453 g/mol. The van der Waals surface area contributed by atoms with Gasteiger partial charge in [-0.25, -0.2) is 23.4 Å². The third-order valence-corrected chi connectivity index (χ3v) is 6.12. The SMILES string of the molecule is Cc1nc2cnn(CC(F)F)c2nc1N1CCC2(CN(c3ccnc(C(F)(F)F)c3)C2)C1. The Balaban J connectivity index is 1.32. The van der Waals surface area contributed by atoms with Crippen LogP contribution in [0.2, 0.25) is 0 Å². The summed E-state index contributed by atoms with van der Waals surface area (Å²) >= 11 is 0. The van der Waals surface area contributed by atoms with E-state index in [0.717, 1.165) is 17.2 Å². The molecular formula is C20H20F5N7. The molecule has 170 valence electrons. The monoisotopic (exact) mass is 453 g/mol. The lowest BCUT2D eigenvalue weighted by molar-refractivity contribution is -0.141. The molecule has 0 saturated carbocycles. The number of pyridine rings is 1. The van der Waals surface area contributed by atoms with Crippen LogP contribution < -0.4 is 9.80 Å². The van der Waals surface area contributed by atoms with Gasteiger partial charge in [-0.15, -0.1) is 0 Å². The molecule has 7 nitrogen and oxygen atoms in total. The third kappa shape index (κ3) is 3.61. The van der Waals surface area contributed by atoms with E-state index in [1.54, 1.807) is 6.07 Å². The van der Waals surface area contributed by atoms with Crippen molar-refractivity contribution in [3.05, 3.63) is 35.9 Å². The Labute approximate surface area is 179 Å². The van der Waals surface area contributed by atoms with Crippen molar-refractivity contribution in [3.63, 3.8) is 0 Å². The normalized spacial score (nSPS) is 18.2. The minimum atomic E-state index is -4.48. The summed E-state index contributed by atoms with van der Waals surface area (Å²) in [5, 5.41) is 3.97. The molecule has 0 N–H and O–H groups in total. The summed E-state index contributed by atoms with van der Waals surface area (Å²) in [5.41, 5.74) is 1.01. The topological polar surface area (TPSA) is 63.0 Å². The highest BCUT2D eigenvalue weighted by Gasteiger charge is 2.48. The summed E-state index contributed by atoms with van der Waals surface area (Å²) in [5.74, 6) is 0.632.